The largest absolute Gasteiger partial charge is 0.411 e. The molecule has 2 heterocycles. The van der Waals surface area contributed by atoms with Gasteiger partial charge in [-0.3, -0.25) is 0 Å². The van der Waals surface area contributed by atoms with E-state index in [1.807, 2.05) is 20.8 Å². The highest BCUT2D eigenvalue weighted by atomic mass is 16.7. The Morgan fingerprint density at radius 3 is 2.86 bits per heavy atom. The highest BCUT2D eigenvalue weighted by Crippen LogP contribution is 2.13. The Morgan fingerprint density at radius 2 is 2.14 bits per heavy atom. The molecule has 0 amide bonds. The lowest BCUT2D eigenvalue weighted by Gasteiger charge is -2.04. The van der Waals surface area contributed by atoms with Crippen LogP contribution in [0.3, 0.4) is 0 Å². The molecule has 14 heavy (non-hydrogen) atoms. The third kappa shape index (κ3) is 1.21. The van der Waals surface area contributed by atoms with Gasteiger partial charge < -0.3 is 4.84 Å². The quantitative estimate of drug-likeness (QED) is 0.709. The van der Waals surface area contributed by atoms with Crippen molar-refractivity contribution in [3.05, 3.63) is 17.8 Å². The molecule has 0 aliphatic heterocycles. The van der Waals surface area contributed by atoms with Crippen molar-refractivity contribution in [2.24, 2.45) is 0 Å². The van der Waals surface area contributed by atoms with E-state index in [0.29, 0.717) is 6.61 Å². The molecule has 2 aromatic heterocycles. The SMILES string of the molecule is CCOn1c(C)nc2c(C)ncnc21. The molecule has 0 aliphatic rings. The summed E-state index contributed by atoms with van der Waals surface area (Å²) >= 11 is 0. The van der Waals surface area contributed by atoms with Crippen molar-refractivity contribution in [2.45, 2.75) is 20.8 Å². The molecule has 0 aromatic carbocycles. The standard InChI is InChI=1S/C9H12N4O/c1-4-14-13-7(3)12-8-6(2)10-5-11-9(8)13/h5H,4H2,1-3H3. The lowest BCUT2D eigenvalue weighted by molar-refractivity contribution is 0.124. The van der Waals surface area contributed by atoms with Crippen LogP contribution in [0.1, 0.15) is 18.4 Å². The number of hydrogen-bond acceptors (Lipinski definition) is 4. The maximum Gasteiger partial charge on any atom is 0.199 e. The van der Waals surface area contributed by atoms with E-state index in [2.05, 4.69) is 15.0 Å². The van der Waals surface area contributed by atoms with Crippen LogP contribution in [0.25, 0.3) is 11.2 Å². The lowest BCUT2D eigenvalue weighted by Crippen LogP contribution is -2.12. The second-order valence-electron chi connectivity index (χ2n) is 3.00. The number of nitrogens with zero attached hydrogens (tertiary/aromatic N) is 4. The molecule has 0 saturated heterocycles. The molecule has 0 N–H and O–H groups in total. The zero-order chi connectivity index (χ0) is 10.1. The Bertz CT molecular complexity index is 463. The summed E-state index contributed by atoms with van der Waals surface area (Å²) in [5.41, 5.74) is 2.41. The van der Waals surface area contributed by atoms with Gasteiger partial charge in [0, 0.05) is 0 Å². The number of imidazole rings is 1. The molecule has 0 aliphatic carbocycles. The van der Waals surface area contributed by atoms with Crippen LogP contribution in [-0.2, 0) is 0 Å². The van der Waals surface area contributed by atoms with Gasteiger partial charge in [-0.05, 0) is 20.8 Å². The summed E-state index contributed by atoms with van der Waals surface area (Å²) in [5.74, 6) is 0.797. The highest BCUT2D eigenvalue weighted by Gasteiger charge is 2.11. The van der Waals surface area contributed by atoms with Gasteiger partial charge in [-0.15, -0.1) is 4.73 Å². The highest BCUT2D eigenvalue weighted by molar-refractivity contribution is 5.73. The van der Waals surface area contributed by atoms with E-state index in [1.54, 1.807) is 4.73 Å². The van der Waals surface area contributed by atoms with Crippen LogP contribution < -0.4 is 4.84 Å². The summed E-state index contributed by atoms with van der Waals surface area (Å²) in [6, 6.07) is 0. The normalized spacial score (nSPS) is 10.8. The first kappa shape index (κ1) is 8.93. The zero-order valence-corrected chi connectivity index (χ0v) is 8.48. The van der Waals surface area contributed by atoms with Gasteiger partial charge in [0.15, 0.2) is 5.65 Å². The van der Waals surface area contributed by atoms with Crippen LogP contribution >= 0.6 is 0 Å². The molecular formula is C9H12N4O. The number of rotatable bonds is 2. The zero-order valence-electron chi connectivity index (χ0n) is 8.48. The minimum atomic E-state index is 0.593. The summed E-state index contributed by atoms with van der Waals surface area (Å²) in [5, 5.41) is 0. The fourth-order valence-corrected chi connectivity index (χ4v) is 1.38. The van der Waals surface area contributed by atoms with Crippen molar-refractivity contribution in [1.29, 1.82) is 0 Å². The van der Waals surface area contributed by atoms with E-state index >= 15 is 0 Å². The number of aromatic nitrogens is 4. The van der Waals surface area contributed by atoms with E-state index < -0.39 is 0 Å². The molecule has 0 unspecified atom stereocenters. The molecule has 0 atom stereocenters. The van der Waals surface area contributed by atoms with E-state index in [-0.39, 0.29) is 0 Å². The molecule has 5 heteroatoms. The third-order valence-electron chi connectivity index (χ3n) is 2.00. The Hall–Kier alpha value is -1.65. The van der Waals surface area contributed by atoms with Gasteiger partial charge in [0.05, 0.1) is 5.69 Å². The summed E-state index contributed by atoms with van der Waals surface area (Å²) in [4.78, 5) is 18.0. The molecule has 2 rings (SSSR count). The van der Waals surface area contributed by atoms with Gasteiger partial charge in [0.2, 0.25) is 0 Å². The fourth-order valence-electron chi connectivity index (χ4n) is 1.38. The molecule has 2 aromatic rings. The maximum atomic E-state index is 5.41. The Morgan fingerprint density at radius 1 is 1.36 bits per heavy atom. The maximum absolute atomic E-state index is 5.41. The molecular weight excluding hydrogens is 180 g/mol. The first-order chi connectivity index (χ1) is 6.74. The molecule has 0 spiro atoms. The smallest absolute Gasteiger partial charge is 0.199 e. The van der Waals surface area contributed by atoms with Crippen LogP contribution in [0.5, 0.6) is 0 Å². The first-order valence-corrected chi connectivity index (χ1v) is 4.54. The first-order valence-electron chi connectivity index (χ1n) is 4.54. The Kier molecular flexibility index (Phi) is 2.07. The van der Waals surface area contributed by atoms with Crippen molar-refractivity contribution in [3.8, 4) is 0 Å². The van der Waals surface area contributed by atoms with E-state index in [4.69, 9.17) is 4.84 Å². The minimum absolute atomic E-state index is 0.593. The third-order valence-corrected chi connectivity index (χ3v) is 2.00. The minimum Gasteiger partial charge on any atom is -0.411 e. The number of hydrogen-bond donors (Lipinski definition) is 0. The molecule has 0 radical (unpaired) electrons. The summed E-state index contributed by atoms with van der Waals surface area (Å²) in [7, 11) is 0. The summed E-state index contributed by atoms with van der Waals surface area (Å²) in [6.45, 7) is 6.32. The Labute approximate surface area is 81.7 Å². The van der Waals surface area contributed by atoms with Crippen LogP contribution in [-0.4, -0.2) is 26.3 Å². The topological polar surface area (TPSA) is 52.8 Å². The summed E-state index contributed by atoms with van der Waals surface area (Å²) in [6.07, 6.45) is 1.52. The van der Waals surface area contributed by atoms with Crippen molar-refractivity contribution in [3.63, 3.8) is 0 Å². The molecule has 0 saturated carbocycles. The van der Waals surface area contributed by atoms with E-state index in [1.165, 1.54) is 6.33 Å². The molecule has 5 nitrogen and oxygen atoms in total. The molecule has 0 bridgehead atoms. The van der Waals surface area contributed by atoms with Gasteiger partial charge >= 0.3 is 0 Å². The second-order valence-corrected chi connectivity index (χ2v) is 3.00. The predicted molar refractivity (Wildman–Crippen MR) is 51.9 cm³/mol. The van der Waals surface area contributed by atoms with Crippen molar-refractivity contribution >= 4 is 11.2 Å². The fraction of sp³-hybridized carbons (Fsp3) is 0.444. The molecule has 0 fully saturated rings. The van der Waals surface area contributed by atoms with Crippen molar-refractivity contribution in [1.82, 2.24) is 19.7 Å². The van der Waals surface area contributed by atoms with Crippen LogP contribution in [0.2, 0.25) is 0 Å². The number of fused-ring (bicyclic) bond motifs is 1. The van der Waals surface area contributed by atoms with Crippen LogP contribution in [0, 0.1) is 13.8 Å². The van der Waals surface area contributed by atoms with Crippen LogP contribution in [0.15, 0.2) is 6.33 Å². The average Bonchev–Trinajstić information content (AvgIpc) is 2.47. The van der Waals surface area contributed by atoms with Gasteiger partial charge in [0.1, 0.15) is 24.3 Å². The van der Waals surface area contributed by atoms with Crippen LogP contribution in [0.4, 0.5) is 0 Å². The average molecular weight is 192 g/mol. The van der Waals surface area contributed by atoms with E-state index in [0.717, 1.165) is 22.7 Å². The van der Waals surface area contributed by atoms with Gasteiger partial charge in [-0.1, -0.05) is 0 Å². The van der Waals surface area contributed by atoms with Gasteiger partial charge in [0.25, 0.3) is 0 Å². The number of aryl methyl sites for hydroxylation is 2. The van der Waals surface area contributed by atoms with Gasteiger partial charge in [-0.2, -0.15) is 0 Å². The predicted octanol–water partition coefficient (Wildman–Crippen LogP) is 0.892. The van der Waals surface area contributed by atoms with Crippen molar-refractivity contribution in [2.75, 3.05) is 6.61 Å². The molecule has 74 valence electrons. The Balaban J connectivity index is 2.70. The lowest BCUT2D eigenvalue weighted by atomic mass is 10.4. The second kappa shape index (κ2) is 3.25. The van der Waals surface area contributed by atoms with Gasteiger partial charge in [-0.25, -0.2) is 15.0 Å². The van der Waals surface area contributed by atoms with E-state index in [9.17, 15) is 0 Å². The summed E-state index contributed by atoms with van der Waals surface area (Å²) < 4.78 is 1.64. The van der Waals surface area contributed by atoms with Crippen molar-refractivity contribution < 1.29 is 4.84 Å². The monoisotopic (exact) mass is 192 g/mol.